The number of hydrogen-bond acceptors (Lipinski definition) is 5. The molecule has 2 heterocycles. The van der Waals surface area contributed by atoms with E-state index >= 15 is 0 Å². The first-order valence-electron chi connectivity index (χ1n) is 8.11. The van der Waals surface area contributed by atoms with Crippen molar-refractivity contribution in [3.05, 3.63) is 74.6 Å². The standard InChI is InChI=1S/C18H21N3O4/c1-12-10-21(18(23)20-17(12)22)16-9-14(15(25-16)11-24-19)8-7-13-5-3-2-4-6-13/h2-8,10,14-16H,9,11,19H2,1H3,(H,20,22,23)/t14?,15-,16-/m1/s1. The van der Waals surface area contributed by atoms with E-state index in [9.17, 15) is 9.59 Å². The number of benzene rings is 1. The van der Waals surface area contributed by atoms with Crippen LogP contribution in [0.25, 0.3) is 6.08 Å². The van der Waals surface area contributed by atoms with Crippen LogP contribution in [0.15, 0.2) is 52.2 Å². The summed E-state index contributed by atoms with van der Waals surface area (Å²) in [5.74, 6) is 5.25. The largest absolute Gasteiger partial charge is 0.352 e. The Labute approximate surface area is 144 Å². The molecule has 2 aromatic rings. The van der Waals surface area contributed by atoms with E-state index in [4.69, 9.17) is 15.5 Å². The zero-order valence-electron chi connectivity index (χ0n) is 13.9. The molecule has 25 heavy (non-hydrogen) atoms. The minimum absolute atomic E-state index is 0.0351. The molecule has 1 aromatic heterocycles. The molecule has 3 rings (SSSR count). The smallest absolute Gasteiger partial charge is 0.330 e. The van der Waals surface area contributed by atoms with Gasteiger partial charge in [0.05, 0.1) is 12.7 Å². The molecule has 1 aromatic carbocycles. The van der Waals surface area contributed by atoms with Crippen molar-refractivity contribution in [3.63, 3.8) is 0 Å². The Bertz CT molecular complexity index is 857. The number of aryl methyl sites for hydroxylation is 1. The SMILES string of the molecule is Cc1cn([C@H]2CC(C=Cc3ccccc3)[C@@H](CON)O2)c(=O)[nH]c1=O. The summed E-state index contributed by atoms with van der Waals surface area (Å²) in [6.07, 6.45) is 5.42. The number of ether oxygens (including phenoxy) is 1. The van der Waals surface area contributed by atoms with Crippen molar-refractivity contribution in [2.45, 2.75) is 25.7 Å². The van der Waals surface area contributed by atoms with Gasteiger partial charge in [-0.1, -0.05) is 42.5 Å². The molecule has 0 aliphatic carbocycles. The summed E-state index contributed by atoms with van der Waals surface area (Å²) in [4.78, 5) is 30.7. The van der Waals surface area contributed by atoms with E-state index in [1.807, 2.05) is 42.5 Å². The highest BCUT2D eigenvalue weighted by Crippen LogP contribution is 2.34. The lowest BCUT2D eigenvalue weighted by Crippen LogP contribution is -2.33. The van der Waals surface area contributed by atoms with E-state index in [2.05, 4.69) is 4.98 Å². The second kappa shape index (κ2) is 7.60. The third kappa shape index (κ3) is 3.96. The topological polar surface area (TPSA) is 99.3 Å². The molecule has 7 nitrogen and oxygen atoms in total. The molecule has 0 saturated carbocycles. The van der Waals surface area contributed by atoms with Gasteiger partial charge in [0.15, 0.2) is 0 Å². The van der Waals surface area contributed by atoms with E-state index in [-0.39, 0.29) is 24.2 Å². The van der Waals surface area contributed by atoms with E-state index in [1.54, 1.807) is 6.92 Å². The van der Waals surface area contributed by atoms with Crippen LogP contribution in [0.5, 0.6) is 0 Å². The molecule has 0 radical (unpaired) electrons. The molecule has 0 amide bonds. The van der Waals surface area contributed by atoms with Crippen molar-refractivity contribution in [3.8, 4) is 0 Å². The molecular weight excluding hydrogens is 322 g/mol. The molecule has 1 saturated heterocycles. The lowest BCUT2D eigenvalue weighted by atomic mass is 9.99. The molecule has 7 heteroatoms. The van der Waals surface area contributed by atoms with Crippen molar-refractivity contribution in [1.82, 2.24) is 9.55 Å². The Morgan fingerprint density at radius 1 is 1.36 bits per heavy atom. The highest BCUT2D eigenvalue weighted by Gasteiger charge is 2.35. The fraction of sp³-hybridized carbons (Fsp3) is 0.333. The summed E-state index contributed by atoms with van der Waals surface area (Å²) in [5.41, 5.74) is 0.663. The summed E-state index contributed by atoms with van der Waals surface area (Å²) in [7, 11) is 0. The van der Waals surface area contributed by atoms with Crippen LogP contribution in [-0.4, -0.2) is 22.3 Å². The quantitative estimate of drug-likeness (QED) is 0.799. The van der Waals surface area contributed by atoms with Gasteiger partial charge < -0.3 is 9.57 Å². The van der Waals surface area contributed by atoms with E-state index in [0.717, 1.165) is 5.56 Å². The minimum atomic E-state index is -0.485. The fourth-order valence-electron chi connectivity index (χ4n) is 2.98. The van der Waals surface area contributed by atoms with Crippen LogP contribution in [0, 0.1) is 12.8 Å². The zero-order valence-corrected chi connectivity index (χ0v) is 13.9. The monoisotopic (exact) mass is 343 g/mol. The van der Waals surface area contributed by atoms with Gasteiger partial charge in [-0.05, 0) is 12.5 Å². The summed E-state index contributed by atoms with van der Waals surface area (Å²) < 4.78 is 7.36. The highest BCUT2D eigenvalue weighted by atomic mass is 16.6. The number of rotatable bonds is 5. The van der Waals surface area contributed by atoms with E-state index in [0.29, 0.717) is 12.0 Å². The maximum Gasteiger partial charge on any atom is 0.330 e. The zero-order chi connectivity index (χ0) is 17.8. The number of nitrogens with zero attached hydrogens (tertiary/aromatic N) is 1. The van der Waals surface area contributed by atoms with Gasteiger partial charge in [-0.3, -0.25) is 14.3 Å². The third-order valence-electron chi connectivity index (χ3n) is 4.34. The molecule has 1 aliphatic heterocycles. The minimum Gasteiger partial charge on any atom is -0.352 e. The van der Waals surface area contributed by atoms with Crippen LogP contribution in [0.1, 0.15) is 23.8 Å². The molecule has 1 unspecified atom stereocenters. The summed E-state index contributed by atoms with van der Waals surface area (Å²) in [6.45, 7) is 1.87. The Hall–Kier alpha value is -2.48. The van der Waals surface area contributed by atoms with E-state index < -0.39 is 11.9 Å². The molecular formula is C18H21N3O4. The molecule has 132 valence electrons. The maximum atomic E-state index is 12.1. The Balaban J connectivity index is 1.83. The first-order valence-corrected chi connectivity index (χ1v) is 8.11. The normalized spacial score (nSPS) is 23.4. The second-order valence-corrected chi connectivity index (χ2v) is 6.11. The molecule has 3 atom stereocenters. The van der Waals surface area contributed by atoms with Crippen molar-refractivity contribution in [2.24, 2.45) is 11.8 Å². The highest BCUT2D eigenvalue weighted by molar-refractivity contribution is 5.49. The first kappa shape index (κ1) is 17.3. The Kier molecular flexibility index (Phi) is 5.28. The van der Waals surface area contributed by atoms with Gasteiger partial charge in [-0.15, -0.1) is 0 Å². The van der Waals surface area contributed by atoms with Crippen LogP contribution in [0.3, 0.4) is 0 Å². The number of H-pyrrole nitrogens is 1. The van der Waals surface area contributed by atoms with Gasteiger partial charge in [0.25, 0.3) is 5.56 Å². The van der Waals surface area contributed by atoms with E-state index in [1.165, 1.54) is 10.8 Å². The maximum absolute atomic E-state index is 12.1. The summed E-state index contributed by atoms with van der Waals surface area (Å²) >= 11 is 0. The van der Waals surface area contributed by atoms with Crippen LogP contribution in [0.4, 0.5) is 0 Å². The van der Waals surface area contributed by atoms with Crippen molar-refractivity contribution in [1.29, 1.82) is 0 Å². The lowest BCUT2D eigenvalue weighted by molar-refractivity contribution is -0.0485. The predicted octanol–water partition coefficient (Wildman–Crippen LogP) is 1.35. The molecule has 0 bridgehead atoms. The van der Waals surface area contributed by atoms with Gasteiger partial charge in [-0.25, -0.2) is 10.7 Å². The van der Waals surface area contributed by atoms with Crippen molar-refractivity contribution in [2.75, 3.05) is 6.61 Å². The Morgan fingerprint density at radius 2 is 2.12 bits per heavy atom. The average molecular weight is 343 g/mol. The summed E-state index contributed by atoms with van der Waals surface area (Å²) in [5, 5.41) is 0. The Morgan fingerprint density at radius 3 is 2.84 bits per heavy atom. The van der Waals surface area contributed by atoms with Crippen LogP contribution in [-0.2, 0) is 9.57 Å². The second-order valence-electron chi connectivity index (χ2n) is 6.11. The number of nitrogens with one attached hydrogen (secondary N) is 1. The van der Waals surface area contributed by atoms with Gasteiger partial charge in [0.1, 0.15) is 6.23 Å². The molecule has 0 spiro atoms. The van der Waals surface area contributed by atoms with Crippen LogP contribution in [0.2, 0.25) is 0 Å². The predicted molar refractivity (Wildman–Crippen MR) is 93.7 cm³/mol. The van der Waals surface area contributed by atoms with Gasteiger partial charge in [0, 0.05) is 24.1 Å². The third-order valence-corrected chi connectivity index (χ3v) is 4.34. The number of aromatic nitrogens is 2. The molecule has 3 N–H and O–H groups in total. The van der Waals surface area contributed by atoms with Gasteiger partial charge in [0.2, 0.25) is 0 Å². The van der Waals surface area contributed by atoms with Crippen molar-refractivity contribution < 1.29 is 9.57 Å². The molecule has 1 fully saturated rings. The number of aromatic amines is 1. The molecule has 1 aliphatic rings. The number of nitrogens with two attached hydrogens (primary N) is 1. The lowest BCUT2D eigenvalue weighted by Gasteiger charge is -2.15. The van der Waals surface area contributed by atoms with Crippen LogP contribution < -0.4 is 17.1 Å². The summed E-state index contributed by atoms with van der Waals surface area (Å²) in [6, 6.07) is 9.91. The first-order chi connectivity index (χ1) is 12.1. The number of hydrogen-bond donors (Lipinski definition) is 2. The van der Waals surface area contributed by atoms with Crippen LogP contribution >= 0.6 is 0 Å². The van der Waals surface area contributed by atoms with Gasteiger partial charge in [-0.2, -0.15) is 0 Å². The van der Waals surface area contributed by atoms with Crippen molar-refractivity contribution >= 4 is 6.08 Å². The fourth-order valence-corrected chi connectivity index (χ4v) is 2.98. The average Bonchev–Trinajstić information content (AvgIpc) is 3.00. The van der Waals surface area contributed by atoms with Gasteiger partial charge >= 0.3 is 5.69 Å².